The number of nitrogens with zero attached hydrogens (tertiary/aromatic N) is 3. The molecule has 0 unspecified atom stereocenters. The molecule has 0 saturated heterocycles. The van der Waals surface area contributed by atoms with Gasteiger partial charge in [0.25, 0.3) is 0 Å². The number of nitrogens with one attached hydrogen (secondary N) is 1. The molecule has 136 valence electrons. The molecule has 2 aromatic carbocycles. The number of hydrogen-bond acceptors (Lipinski definition) is 7. The van der Waals surface area contributed by atoms with Crippen LogP contribution in [0.4, 0.5) is 0 Å². The molecular formula is C19H16N4O3S. The Morgan fingerprint density at radius 2 is 2.07 bits per heavy atom. The minimum atomic E-state index is 0.00841. The van der Waals surface area contributed by atoms with Gasteiger partial charge in [0.15, 0.2) is 17.3 Å². The molecule has 7 nitrogen and oxygen atoms in total. The maximum absolute atomic E-state index is 10.4. The summed E-state index contributed by atoms with van der Waals surface area (Å²) < 4.78 is 6.01. The molecule has 0 aliphatic carbocycles. The van der Waals surface area contributed by atoms with Gasteiger partial charge in [-0.1, -0.05) is 12.1 Å². The molecule has 3 N–H and O–H groups in total. The summed E-state index contributed by atoms with van der Waals surface area (Å²) in [6.45, 7) is 0.0999. The zero-order valence-electron chi connectivity index (χ0n) is 14.4. The van der Waals surface area contributed by atoms with E-state index in [1.165, 1.54) is 35.7 Å². The topological polar surface area (TPSA) is 102 Å². The number of hydrogen-bond donors (Lipinski definition) is 3. The van der Waals surface area contributed by atoms with Crippen molar-refractivity contribution in [1.82, 2.24) is 9.99 Å². The van der Waals surface area contributed by atoms with Gasteiger partial charge in [0.2, 0.25) is 0 Å². The molecule has 8 heteroatoms. The molecule has 0 saturated carbocycles. The van der Waals surface area contributed by atoms with E-state index in [0.29, 0.717) is 21.9 Å². The zero-order chi connectivity index (χ0) is 19.0. The minimum absolute atomic E-state index is 0.00841. The number of phenolic OH excluding ortho intramolecular Hbond substituents is 1. The molecule has 0 fully saturated rings. The maximum Gasteiger partial charge on any atom is 0.160 e. The highest BCUT2D eigenvalue weighted by atomic mass is 32.1. The van der Waals surface area contributed by atoms with Gasteiger partial charge in [-0.2, -0.15) is 5.10 Å². The summed E-state index contributed by atoms with van der Waals surface area (Å²) in [6.07, 6.45) is 1.52. The molecule has 0 bridgehead atoms. The van der Waals surface area contributed by atoms with Gasteiger partial charge in [-0.05, 0) is 35.9 Å². The van der Waals surface area contributed by atoms with Crippen LogP contribution in [0.5, 0.6) is 11.5 Å². The second-order valence-corrected chi connectivity index (χ2v) is 6.92. The predicted molar refractivity (Wildman–Crippen MR) is 106 cm³/mol. The summed E-state index contributed by atoms with van der Waals surface area (Å²) in [6, 6.07) is 12.6. The number of benzene rings is 2. The van der Waals surface area contributed by atoms with Crippen molar-refractivity contribution in [1.29, 1.82) is 5.41 Å². The number of ether oxygens (including phenoxy) is 1. The fourth-order valence-corrected chi connectivity index (χ4v) is 3.83. The lowest BCUT2D eigenvalue weighted by Gasteiger charge is -2.11. The van der Waals surface area contributed by atoms with E-state index in [1.54, 1.807) is 12.1 Å². The van der Waals surface area contributed by atoms with Gasteiger partial charge in [0, 0.05) is 0 Å². The lowest BCUT2D eigenvalue weighted by molar-refractivity contribution is 0.358. The lowest BCUT2D eigenvalue weighted by atomic mass is 10.2. The number of phenols is 1. The number of hydrazone groups is 1. The number of thiazole rings is 1. The Labute approximate surface area is 159 Å². The van der Waals surface area contributed by atoms with Crippen LogP contribution in [0.15, 0.2) is 53.3 Å². The third kappa shape index (κ3) is 3.11. The molecule has 27 heavy (non-hydrogen) atoms. The van der Waals surface area contributed by atoms with Crippen molar-refractivity contribution in [2.75, 3.05) is 13.7 Å². The molecule has 1 aliphatic rings. The molecule has 1 aromatic heterocycles. The molecule has 2 heterocycles. The van der Waals surface area contributed by atoms with Crippen LogP contribution in [-0.2, 0) is 0 Å². The quantitative estimate of drug-likeness (QED) is 0.600. The molecule has 0 radical (unpaired) electrons. The standard InChI is InChI=1S/C19H16N4O3S/c1-26-15-7-6-11(8-13(15)24)9-21-23-10-14(25)17(18(23)20)19-22-12-4-2-3-5-16(12)27-19/h2-9,20,24-25H,10H2,1H3/b20-18?,21-9+. The fraction of sp³-hybridized carbons (Fsp3) is 0.105. The van der Waals surface area contributed by atoms with Crippen LogP contribution in [0.1, 0.15) is 10.6 Å². The highest BCUT2D eigenvalue weighted by Gasteiger charge is 2.30. The largest absolute Gasteiger partial charge is 0.509 e. The van der Waals surface area contributed by atoms with Gasteiger partial charge in [0.1, 0.15) is 17.3 Å². The summed E-state index contributed by atoms with van der Waals surface area (Å²) in [5, 5.41) is 34.8. The number of aromatic hydroxyl groups is 1. The van der Waals surface area contributed by atoms with Crippen molar-refractivity contribution in [2.45, 2.75) is 0 Å². The Bertz CT molecular complexity index is 1070. The SMILES string of the molecule is COc1ccc(/C=N/N2CC(O)=C(c3nc4ccccc4s3)C2=N)cc1O. The summed E-state index contributed by atoms with van der Waals surface area (Å²) in [5.41, 5.74) is 1.88. The number of amidine groups is 1. The van der Waals surface area contributed by atoms with Gasteiger partial charge in [-0.3, -0.25) is 5.41 Å². The average Bonchev–Trinajstić information content (AvgIpc) is 3.20. The van der Waals surface area contributed by atoms with Gasteiger partial charge in [0.05, 0.1) is 29.1 Å². The van der Waals surface area contributed by atoms with Crippen LogP contribution in [0.3, 0.4) is 0 Å². The highest BCUT2D eigenvalue weighted by Crippen LogP contribution is 2.33. The van der Waals surface area contributed by atoms with Crippen molar-refractivity contribution < 1.29 is 14.9 Å². The van der Waals surface area contributed by atoms with Crippen molar-refractivity contribution >= 4 is 39.2 Å². The number of aliphatic hydroxyl groups is 1. The van der Waals surface area contributed by atoms with E-state index in [1.807, 2.05) is 24.3 Å². The van der Waals surface area contributed by atoms with E-state index in [0.717, 1.165) is 10.2 Å². The van der Waals surface area contributed by atoms with Crippen molar-refractivity contribution in [3.05, 3.63) is 58.8 Å². The zero-order valence-corrected chi connectivity index (χ0v) is 15.2. The first kappa shape index (κ1) is 17.0. The van der Waals surface area contributed by atoms with E-state index in [2.05, 4.69) is 10.1 Å². The Morgan fingerprint density at radius 3 is 2.81 bits per heavy atom. The first-order chi connectivity index (χ1) is 13.1. The van der Waals surface area contributed by atoms with Gasteiger partial charge >= 0.3 is 0 Å². The number of aromatic nitrogens is 1. The molecule has 0 spiro atoms. The average molecular weight is 380 g/mol. The van der Waals surface area contributed by atoms with Crippen LogP contribution in [0.2, 0.25) is 0 Å². The Morgan fingerprint density at radius 1 is 1.26 bits per heavy atom. The van der Waals surface area contributed by atoms with Gasteiger partial charge in [-0.15, -0.1) is 11.3 Å². The van der Waals surface area contributed by atoms with E-state index in [-0.39, 0.29) is 23.9 Å². The molecule has 0 atom stereocenters. The third-order valence-electron chi connectivity index (χ3n) is 4.14. The first-order valence-electron chi connectivity index (χ1n) is 8.12. The minimum Gasteiger partial charge on any atom is -0.509 e. The van der Waals surface area contributed by atoms with Crippen molar-refractivity contribution in [3.8, 4) is 11.5 Å². The van der Waals surface area contributed by atoms with Gasteiger partial charge < -0.3 is 14.9 Å². The number of methoxy groups -OCH3 is 1. The summed E-state index contributed by atoms with van der Waals surface area (Å²) >= 11 is 1.43. The van der Waals surface area contributed by atoms with E-state index < -0.39 is 0 Å². The second-order valence-electron chi connectivity index (χ2n) is 5.89. The molecule has 0 amide bonds. The number of rotatable bonds is 4. The van der Waals surface area contributed by atoms with Crippen LogP contribution >= 0.6 is 11.3 Å². The Hall–Kier alpha value is -3.39. The van der Waals surface area contributed by atoms with Crippen molar-refractivity contribution in [3.63, 3.8) is 0 Å². The van der Waals surface area contributed by atoms with E-state index in [4.69, 9.17) is 10.1 Å². The monoisotopic (exact) mass is 380 g/mol. The van der Waals surface area contributed by atoms with Gasteiger partial charge in [-0.25, -0.2) is 9.99 Å². The van der Waals surface area contributed by atoms with E-state index in [9.17, 15) is 10.2 Å². The molecule has 4 rings (SSSR count). The highest BCUT2D eigenvalue weighted by molar-refractivity contribution is 7.19. The lowest BCUT2D eigenvalue weighted by Crippen LogP contribution is -2.20. The predicted octanol–water partition coefficient (Wildman–Crippen LogP) is 3.61. The summed E-state index contributed by atoms with van der Waals surface area (Å²) in [4.78, 5) is 4.51. The number of fused-ring (bicyclic) bond motifs is 1. The summed E-state index contributed by atoms with van der Waals surface area (Å²) in [5.74, 6) is 0.530. The van der Waals surface area contributed by atoms with Crippen molar-refractivity contribution in [2.24, 2.45) is 5.10 Å². The third-order valence-corrected chi connectivity index (χ3v) is 5.19. The fourth-order valence-electron chi connectivity index (χ4n) is 2.79. The Balaban J connectivity index is 1.57. The molecule has 3 aromatic rings. The second kappa shape index (κ2) is 6.73. The number of para-hydroxylation sites is 1. The van der Waals surface area contributed by atoms with Crippen LogP contribution in [-0.4, -0.2) is 45.9 Å². The van der Waals surface area contributed by atoms with E-state index >= 15 is 0 Å². The normalized spacial score (nSPS) is 14.7. The smallest absolute Gasteiger partial charge is 0.160 e. The first-order valence-corrected chi connectivity index (χ1v) is 8.94. The molecular weight excluding hydrogens is 364 g/mol. The van der Waals surface area contributed by atoms with Crippen LogP contribution < -0.4 is 4.74 Å². The molecule has 1 aliphatic heterocycles. The summed E-state index contributed by atoms with van der Waals surface area (Å²) in [7, 11) is 1.48. The van der Waals surface area contributed by atoms with Crippen LogP contribution in [0.25, 0.3) is 15.8 Å². The Kier molecular flexibility index (Phi) is 4.25. The maximum atomic E-state index is 10.4. The number of aliphatic hydroxyl groups excluding tert-OH is 1. The van der Waals surface area contributed by atoms with Crippen LogP contribution in [0, 0.1) is 5.41 Å².